The van der Waals surface area contributed by atoms with Crippen molar-refractivity contribution in [3.63, 3.8) is 0 Å². The SMILES string of the molecule is Cc1nnc(CN[C@@H](C)c2ccccc2Oc2ccccc2)o1. The molecule has 1 heterocycles. The molecule has 3 rings (SSSR count). The Hall–Kier alpha value is -2.66. The lowest BCUT2D eigenvalue weighted by Crippen LogP contribution is -2.18. The fraction of sp³-hybridized carbons (Fsp3) is 0.222. The van der Waals surface area contributed by atoms with E-state index in [1.165, 1.54) is 0 Å². The highest BCUT2D eigenvalue weighted by Gasteiger charge is 2.13. The number of para-hydroxylation sites is 2. The number of nitrogens with zero attached hydrogens (tertiary/aromatic N) is 2. The number of benzene rings is 2. The van der Waals surface area contributed by atoms with Gasteiger partial charge in [0.25, 0.3) is 0 Å². The molecule has 0 radical (unpaired) electrons. The molecule has 3 aromatic rings. The van der Waals surface area contributed by atoms with E-state index < -0.39 is 0 Å². The van der Waals surface area contributed by atoms with Gasteiger partial charge in [0.2, 0.25) is 11.8 Å². The van der Waals surface area contributed by atoms with Gasteiger partial charge >= 0.3 is 0 Å². The summed E-state index contributed by atoms with van der Waals surface area (Å²) in [4.78, 5) is 0. The van der Waals surface area contributed by atoms with Crippen LogP contribution in [0, 0.1) is 6.92 Å². The Labute approximate surface area is 135 Å². The van der Waals surface area contributed by atoms with Crippen molar-refractivity contribution in [1.29, 1.82) is 0 Å². The first-order valence-electron chi connectivity index (χ1n) is 7.56. The number of hydrogen-bond acceptors (Lipinski definition) is 5. The fourth-order valence-corrected chi connectivity index (χ4v) is 2.31. The highest BCUT2D eigenvalue weighted by molar-refractivity contribution is 5.39. The van der Waals surface area contributed by atoms with E-state index in [9.17, 15) is 0 Å². The zero-order valence-electron chi connectivity index (χ0n) is 13.2. The summed E-state index contributed by atoms with van der Waals surface area (Å²) in [5.74, 6) is 2.80. The molecule has 0 amide bonds. The minimum absolute atomic E-state index is 0.0853. The summed E-state index contributed by atoms with van der Waals surface area (Å²) in [7, 11) is 0. The molecule has 1 N–H and O–H groups in total. The number of hydrogen-bond donors (Lipinski definition) is 1. The standard InChI is InChI=1S/C18H19N3O2/c1-13(19-12-18-21-20-14(2)22-18)16-10-6-7-11-17(16)23-15-8-4-3-5-9-15/h3-11,13,19H,12H2,1-2H3/t13-/m0/s1. The third-order valence-corrected chi connectivity index (χ3v) is 3.48. The lowest BCUT2D eigenvalue weighted by atomic mass is 10.1. The molecule has 2 aromatic carbocycles. The largest absolute Gasteiger partial charge is 0.457 e. The van der Waals surface area contributed by atoms with Crippen LogP contribution in [0.2, 0.25) is 0 Å². The molecular formula is C18H19N3O2. The first kappa shape index (κ1) is 15.2. The third kappa shape index (κ3) is 3.96. The fourth-order valence-electron chi connectivity index (χ4n) is 2.31. The van der Waals surface area contributed by atoms with Gasteiger partial charge < -0.3 is 14.5 Å². The molecule has 118 valence electrons. The van der Waals surface area contributed by atoms with Crippen molar-refractivity contribution in [2.45, 2.75) is 26.4 Å². The van der Waals surface area contributed by atoms with E-state index in [1.54, 1.807) is 6.92 Å². The van der Waals surface area contributed by atoms with Crippen LogP contribution in [0.15, 0.2) is 59.0 Å². The second kappa shape index (κ2) is 7.07. The zero-order chi connectivity index (χ0) is 16.1. The molecule has 0 saturated heterocycles. The first-order chi connectivity index (χ1) is 11.2. The van der Waals surface area contributed by atoms with E-state index in [0.29, 0.717) is 18.3 Å². The number of nitrogens with one attached hydrogen (secondary N) is 1. The van der Waals surface area contributed by atoms with Crippen molar-refractivity contribution in [2.75, 3.05) is 0 Å². The zero-order valence-corrected chi connectivity index (χ0v) is 13.2. The molecule has 0 spiro atoms. The van der Waals surface area contributed by atoms with Crippen molar-refractivity contribution < 1.29 is 9.15 Å². The Kier molecular flexibility index (Phi) is 4.68. The molecule has 0 bridgehead atoms. The van der Waals surface area contributed by atoms with Crippen molar-refractivity contribution in [1.82, 2.24) is 15.5 Å². The van der Waals surface area contributed by atoms with Crippen LogP contribution in [0.1, 0.15) is 30.3 Å². The molecular weight excluding hydrogens is 290 g/mol. The third-order valence-electron chi connectivity index (χ3n) is 3.48. The van der Waals surface area contributed by atoms with Gasteiger partial charge in [-0.05, 0) is 25.1 Å². The summed E-state index contributed by atoms with van der Waals surface area (Å²) in [6.07, 6.45) is 0. The van der Waals surface area contributed by atoms with Gasteiger partial charge in [-0.25, -0.2) is 0 Å². The highest BCUT2D eigenvalue weighted by Crippen LogP contribution is 2.29. The van der Waals surface area contributed by atoms with E-state index in [-0.39, 0.29) is 6.04 Å². The summed E-state index contributed by atoms with van der Waals surface area (Å²) in [6, 6.07) is 17.8. The van der Waals surface area contributed by atoms with E-state index in [1.807, 2.05) is 48.5 Å². The van der Waals surface area contributed by atoms with Crippen molar-refractivity contribution in [3.05, 3.63) is 71.9 Å². The topological polar surface area (TPSA) is 60.2 Å². The highest BCUT2D eigenvalue weighted by atomic mass is 16.5. The van der Waals surface area contributed by atoms with Crippen LogP contribution < -0.4 is 10.1 Å². The normalized spacial score (nSPS) is 12.1. The molecule has 1 atom stereocenters. The lowest BCUT2D eigenvalue weighted by molar-refractivity contribution is 0.421. The predicted molar refractivity (Wildman–Crippen MR) is 87.2 cm³/mol. The Balaban J connectivity index is 1.71. The maximum Gasteiger partial charge on any atom is 0.230 e. The molecule has 0 aliphatic rings. The quantitative estimate of drug-likeness (QED) is 0.745. The average Bonchev–Trinajstić information content (AvgIpc) is 3.00. The van der Waals surface area contributed by atoms with Crippen molar-refractivity contribution >= 4 is 0 Å². The number of ether oxygens (including phenoxy) is 1. The molecule has 0 aliphatic heterocycles. The Morgan fingerprint density at radius 1 is 1.04 bits per heavy atom. The smallest absolute Gasteiger partial charge is 0.230 e. The van der Waals surface area contributed by atoms with Gasteiger partial charge in [0.1, 0.15) is 11.5 Å². The van der Waals surface area contributed by atoms with E-state index >= 15 is 0 Å². The van der Waals surface area contributed by atoms with E-state index in [4.69, 9.17) is 9.15 Å². The number of aryl methyl sites for hydroxylation is 1. The van der Waals surface area contributed by atoms with Crippen molar-refractivity contribution in [3.8, 4) is 11.5 Å². The van der Waals surface area contributed by atoms with Crippen LogP contribution in [0.5, 0.6) is 11.5 Å². The average molecular weight is 309 g/mol. The molecule has 5 heteroatoms. The minimum atomic E-state index is 0.0853. The Morgan fingerprint density at radius 3 is 2.52 bits per heavy atom. The monoisotopic (exact) mass is 309 g/mol. The van der Waals surface area contributed by atoms with Crippen molar-refractivity contribution in [2.24, 2.45) is 0 Å². The summed E-state index contributed by atoms with van der Waals surface area (Å²) < 4.78 is 11.4. The van der Waals surface area contributed by atoms with Gasteiger partial charge in [-0.1, -0.05) is 36.4 Å². The number of aromatic nitrogens is 2. The maximum absolute atomic E-state index is 6.00. The number of rotatable bonds is 6. The maximum atomic E-state index is 6.00. The predicted octanol–water partition coefficient (Wildman–Crippen LogP) is 4.02. The Morgan fingerprint density at radius 2 is 1.78 bits per heavy atom. The summed E-state index contributed by atoms with van der Waals surface area (Å²) in [5.41, 5.74) is 1.08. The van der Waals surface area contributed by atoms with Gasteiger partial charge in [-0.15, -0.1) is 10.2 Å². The van der Waals surface area contributed by atoms with E-state index in [2.05, 4.69) is 28.5 Å². The van der Waals surface area contributed by atoms with E-state index in [0.717, 1.165) is 17.1 Å². The molecule has 0 saturated carbocycles. The van der Waals surface area contributed by atoms with Crippen LogP contribution in [0.4, 0.5) is 0 Å². The van der Waals surface area contributed by atoms with Crippen LogP contribution >= 0.6 is 0 Å². The molecule has 0 unspecified atom stereocenters. The van der Waals surface area contributed by atoms with Gasteiger partial charge in [0.05, 0.1) is 6.54 Å². The summed E-state index contributed by atoms with van der Waals surface area (Å²) >= 11 is 0. The Bertz CT molecular complexity index is 756. The molecule has 5 nitrogen and oxygen atoms in total. The summed E-state index contributed by atoms with van der Waals surface area (Å²) in [6.45, 7) is 4.38. The van der Waals surface area contributed by atoms with Crippen LogP contribution in [-0.4, -0.2) is 10.2 Å². The minimum Gasteiger partial charge on any atom is -0.457 e. The van der Waals surface area contributed by atoms with Gasteiger partial charge in [-0.2, -0.15) is 0 Å². The van der Waals surface area contributed by atoms with Gasteiger partial charge in [-0.3, -0.25) is 0 Å². The van der Waals surface area contributed by atoms with Crippen LogP contribution in [0.3, 0.4) is 0 Å². The second-order valence-corrected chi connectivity index (χ2v) is 5.27. The van der Waals surface area contributed by atoms with Crippen LogP contribution in [-0.2, 0) is 6.54 Å². The molecule has 0 aliphatic carbocycles. The molecule has 23 heavy (non-hydrogen) atoms. The van der Waals surface area contributed by atoms with Gasteiger partial charge in [0.15, 0.2) is 0 Å². The molecule has 1 aromatic heterocycles. The van der Waals surface area contributed by atoms with Gasteiger partial charge in [0, 0.05) is 18.5 Å². The first-order valence-corrected chi connectivity index (χ1v) is 7.56. The van der Waals surface area contributed by atoms with Crippen LogP contribution in [0.25, 0.3) is 0 Å². The lowest BCUT2D eigenvalue weighted by Gasteiger charge is -2.17. The second-order valence-electron chi connectivity index (χ2n) is 5.27. The summed E-state index contributed by atoms with van der Waals surface area (Å²) in [5, 5.41) is 11.2. The molecule has 0 fully saturated rings.